The molecule has 1 aromatic rings. The molecule has 1 aliphatic carbocycles. The molecule has 2 aliphatic rings. The molecule has 0 atom stereocenters. The number of nitrogens with zero attached hydrogens (tertiary/aromatic N) is 3. The Morgan fingerprint density at radius 3 is 2.24 bits per heavy atom. The molecule has 0 amide bonds. The largest absolute Gasteiger partial charge is 0.383 e. The van der Waals surface area contributed by atoms with Crippen molar-refractivity contribution in [2.75, 3.05) is 69.8 Å². The average molecular weight is 480 g/mol. The van der Waals surface area contributed by atoms with E-state index in [0.717, 1.165) is 26.2 Å². The zero-order valence-corrected chi connectivity index (χ0v) is 23.3. The van der Waals surface area contributed by atoms with Gasteiger partial charge in [0.05, 0.1) is 6.61 Å². The topological polar surface area (TPSA) is 19.0 Å². The number of likely N-dealkylation sites (N-methyl/N-ethyl adjacent to an activating group) is 1. The summed E-state index contributed by atoms with van der Waals surface area (Å²) in [5.74, 6) is 0.639. The van der Waals surface area contributed by atoms with Gasteiger partial charge >= 0.3 is 0 Å². The quantitative estimate of drug-likeness (QED) is 0.406. The van der Waals surface area contributed by atoms with E-state index in [9.17, 15) is 0 Å². The van der Waals surface area contributed by atoms with Crippen molar-refractivity contribution in [2.24, 2.45) is 10.8 Å². The number of piperazine rings is 1. The van der Waals surface area contributed by atoms with Gasteiger partial charge < -0.3 is 14.5 Å². The van der Waals surface area contributed by atoms with Crippen molar-refractivity contribution in [3.63, 3.8) is 0 Å². The maximum absolute atomic E-state index is 5.33. The predicted molar refractivity (Wildman–Crippen MR) is 147 cm³/mol. The first-order valence-electron chi connectivity index (χ1n) is 13.0. The SMILES string of the molecule is CCCCN1CCN(c2cc(N(C)CCOC)ccc2C2CC(C)(C)CC(C)(C)C2)CC1.Cl. The van der Waals surface area contributed by atoms with Crippen molar-refractivity contribution in [1.29, 1.82) is 0 Å². The van der Waals surface area contributed by atoms with Gasteiger partial charge in [0, 0.05) is 58.3 Å². The van der Waals surface area contributed by atoms with E-state index in [1.807, 2.05) is 0 Å². The summed E-state index contributed by atoms with van der Waals surface area (Å²) in [6, 6.07) is 7.28. The summed E-state index contributed by atoms with van der Waals surface area (Å²) in [5.41, 5.74) is 5.17. The summed E-state index contributed by atoms with van der Waals surface area (Å²) < 4.78 is 5.33. The molecule has 0 spiro atoms. The van der Waals surface area contributed by atoms with E-state index in [4.69, 9.17) is 4.74 Å². The minimum atomic E-state index is 0. The molecule has 190 valence electrons. The Bertz CT molecular complexity index is 712. The highest BCUT2D eigenvalue weighted by Gasteiger charge is 2.40. The second-order valence-electron chi connectivity index (χ2n) is 12.0. The molecule has 33 heavy (non-hydrogen) atoms. The molecule has 5 heteroatoms. The Morgan fingerprint density at radius 2 is 1.67 bits per heavy atom. The molecule has 0 aromatic heterocycles. The molecule has 1 aromatic carbocycles. The predicted octanol–water partition coefficient (Wildman–Crippen LogP) is 6.43. The number of unbranched alkanes of at least 4 members (excludes halogenated alkanes) is 1. The van der Waals surface area contributed by atoms with E-state index in [1.165, 1.54) is 63.1 Å². The third kappa shape index (κ3) is 7.77. The molecule has 1 saturated carbocycles. The third-order valence-corrected chi connectivity index (χ3v) is 7.62. The Labute approximate surface area is 210 Å². The van der Waals surface area contributed by atoms with Gasteiger partial charge in [-0.05, 0) is 66.7 Å². The fraction of sp³-hybridized carbons (Fsp3) is 0.786. The fourth-order valence-electron chi connectivity index (χ4n) is 6.41. The molecule has 1 aliphatic heterocycles. The van der Waals surface area contributed by atoms with Crippen molar-refractivity contribution in [3.8, 4) is 0 Å². The molecular formula is C28H50ClN3O. The molecule has 3 rings (SSSR count). The van der Waals surface area contributed by atoms with E-state index in [0.29, 0.717) is 16.7 Å². The normalized spacial score (nSPS) is 21.0. The number of hydrogen-bond donors (Lipinski definition) is 0. The lowest BCUT2D eigenvalue weighted by Gasteiger charge is -2.46. The highest BCUT2D eigenvalue weighted by Crippen LogP contribution is 2.53. The average Bonchev–Trinajstić information content (AvgIpc) is 2.74. The van der Waals surface area contributed by atoms with E-state index in [1.54, 1.807) is 12.7 Å². The second kappa shape index (κ2) is 12.1. The molecule has 0 bridgehead atoms. The number of benzene rings is 1. The van der Waals surface area contributed by atoms with Crippen molar-refractivity contribution in [1.82, 2.24) is 4.90 Å². The Morgan fingerprint density at radius 1 is 1.03 bits per heavy atom. The van der Waals surface area contributed by atoms with Crippen LogP contribution in [0.3, 0.4) is 0 Å². The van der Waals surface area contributed by atoms with Crippen LogP contribution < -0.4 is 9.80 Å². The lowest BCUT2D eigenvalue weighted by Crippen LogP contribution is -2.47. The van der Waals surface area contributed by atoms with Crippen molar-refractivity contribution < 1.29 is 4.74 Å². The zero-order chi connectivity index (χ0) is 23.4. The minimum absolute atomic E-state index is 0. The van der Waals surface area contributed by atoms with Gasteiger partial charge in [0.1, 0.15) is 0 Å². The van der Waals surface area contributed by atoms with E-state index in [2.05, 4.69) is 74.6 Å². The van der Waals surface area contributed by atoms with E-state index >= 15 is 0 Å². The van der Waals surface area contributed by atoms with E-state index < -0.39 is 0 Å². The lowest BCUT2D eigenvalue weighted by molar-refractivity contribution is 0.0970. The van der Waals surface area contributed by atoms with Crippen LogP contribution in [-0.2, 0) is 4.74 Å². The number of halogens is 1. The lowest BCUT2D eigenvalue weighted by atomic mass is 9.60. The van der Waals surface area contributed by atoms with Crippen LogP contribution in [-0.4, -0.2) is 64.9 Å². The molecule has 1 saturated heterocycles. The van der Waals surface area contributed by atoms with Crippen molar-refractivity contribution in [2.45, 2.75) is 72.6 Å². The van der Waals surface area contributed by atoms with Gasteiger partial charge in [-0.25, -0.2) is 0 Å². The van der Waals surface area contributed by atoms with Gasteiger partial charge in [-0.1, -0.05) is 47.1 Å². The van der Waals surface area contributed by atoms with Crippen LogP contribution in [0.25, 0.3) is 0 Å². The van der Waals surface area contributed by atoms with Gasteiger partial charge in [-0.2, -0.15) is 0 Å². The first-order valence-corrected chi connectivity index (χ1v) is 13.0. The molecule has 0 radical (unpaired) electrons. The number of ether oxygens (including phenoxy) is 1. The third-order valence-electron chi connectivity index (χ3n) is 7.62. The number of anilines is 2. The van der Waals surface area contributed by atoms with Crippen molar-refractivity contribution >= 4 is 23.8 Å². The number of methoxy groups -OCH3 is 1. The van der Waals surface area contributed by atoms with Gasteiger partial charge in [0.25, 0.3) is 0 Å². The fourth-order valence-corrected chi connectivity index (χ4v) is 6.41. The Balaban J connectivity index is 0.00000385. The van der Waals surface area contributed by atoms with Gasteiger partial charge in [0.2, 0.25) is 0 Å². The summed E-state index contributed by atoms with van der Waals surface area (Å²) >= 11 is 0. The summed E-state index contributed by atoms with van der Waals surface area (Å²) in [6.07, 6.45) is 6.50. The smallest absolute Gasteiger partial charge is 0.0637 e. The standard InChI is InChI=1S/C28H49N3O.ClH/c1-8-9-12-30-13-15-31(16-14-30)26-19-24(29(6)17-18-32-7)10-11-25(26)23-20-27(2,3)22-28(4,5)21-23;/h10-11,19,23H,8-9,12-18,20-22H2,1-7H3;1H. The maximum atomic E-state index is 5.33. The van der Waals surface area contributed by atoms with Crippen LogP contribution in [0.2, 0.25) is 0 Å². The van der Waals surface area contributed by atoms with Gasteiger partial charge in [-0.3, -0.25) is 4.90 Å². The summed E-state index contributed by atoms with van der Waals surface area (Å²) in [5, 5.41) is 0. The molecular weight excluding hydrogens is 430 g/mol. The van der Waals surface area contributed by atoms with Crippen molar-refractivity contribution in [3.05, 3.63) is 23.8 Å². The molecule has 4 nitrogen and oxygen atoms in total. The molecule has 2 fully saturated rings. The summed E-state index contributed by atoms with van der Waals surface area (Å²) in [7, 11) is 3.97. The monoisotopic (exact) mass is 479 g/mol. The second-order valence-corrected chi connectivity index (χ2v) is 12.0. The minimum Gasteiger partial charge on any atom is -0.383 e. The molecule has 0 N–H and O–H groups in total. The highest BCUT2D eigenvalue weighted by molar-refractivity contribution is 5.85. The van der Waals surface area contributed by atoms with Crippen LogP contribution in [0, 0.1) is 10.8 Å². The highest BCUT2D eigenvalue weighted by atomic mass is 35.5. The first-order chi connectivity index (χ1) is 15.1. The Hall–Kier alpha value is -0.970. The van der Waals surface area contributed by atoms with E-state index in [-0.39, 0.29) is 12.4 Å². The maximum Gasteiger partial charge on any atom is 0.0637 e. The van der Waals surface area contributed by atoms with Crippen LogP contribution in [0.5, 0.6) is 0 Å². The Kier molecular flexibility index (Phi) is 10.4. The van der Waals surface area contributed by atoms with Gasteiger partial charge in [-0.15, -0.1) is 12.4 Å². The van der Waals surface area contributed by atoms with Crippen LogP contribution in [0.15, 0.2) is 18.2 Å². The number of rotatable bonds is 9. The summed E-state index contributed by atoms with van der Waals surface area (Å²) in [6.45, 7) is 19.8. The van der Waals surface area contributed by atoms with Crippen LogP contribution >= 0.6 is 12.4 Å². The van der Waals surface area contributed by atoms with Crippen LogP contribution in [0.1, 0.15) is 78.2 Å². The first kappa shape index (κ1) is 28.3. The summed E-state index contributed by atoms with van der Waals surface area (Å²) in [4.78, 5) is 7.67. The molecule has 1 heterocycles. The number of hydrogen-bond acceptors (Lipinski definition) is 4. The molecule has 0 unspecified atom stereocenters. The van der Waals surface area contributed by atoms with Gasteiger partial charge in [0.15, 0.2) is 0 Å². The van der Waals surface area contributed by atoms with Crippen LogP contribution in [0.4, 0.5) is 11.4 Å². The zero-order valence-electron chi connectivity index (χ0n) is 22.5.